The molecule has 0 saturated carbocycles. The van der Waals surface area contributed by atoms with Crippen LogP contribution in [0.5, 0.6) is 0 Å². The van der Waals surface area contributed by atoms with Crippen LogP contribution in [0.3, 0.4) is 0 Å². The minimum atomic E-state index is -0.368. The first-order valence-electron chi connectivity index (χ1n) is 7.78. The van der Waals surface area contributed by atoms with Gasteiger partial charge in [-0.1, -0.05) is 24.3 Å². The summed E-state index contributed by atoms with van der Waals surface area (Å²) in [6.07, 6.45) is 5.65. The van der Waals surface area contributed by atoms with Crippen molar-refractivity contribution >= 4 is 5.91 Å². The molecular formula is C18H21N3O. The summed E-state index contributed by atoms with van der Waals surface area (Å²) in [4.78, 5) is 16.1. The van der Waals surface area contributed by atoms with E-state index in [-0.39, 0.29) is 11.9 Å². The summed E-state index contributed by atoms with van der Waals surface area (Å²) in [5.41, 5.74) is 10.1. The molecule has 2 aromatic rings. The Morgan fingerprint density at radius 1 is 1.27 bits per heavy atom. The molecule has 1 aliphatic rings. The first-order valence-corrected chi connectivity index (χ1v) is 7.78. The number of benzene rings is 1. The number of carbonyl (C=O) groups excluding carboxylic acids is 1. The number of nitrogens with two attached hydrogens (primary N) is 1. The Labute approximate surface area is 130 Å². The van der Waals surface area contributed by atoms with Gasteiger partial charge in [0.15, 0.2) is 0 Å². The van der Waals surface area contributed by atoms with Crippen LogP contribution in [0.1, 0.15) is 34.8 Å². The number of rotatable bonds is 4. The van der Waals surface area contributed by atoms with Crippen LogP contribution in [0.15, 0.2) is 42.6 Å². The molecule has 0 saturated heterocycles. The maximum Gasteiger partial charge on any atom is 0.239 e. The van der Waals surface area contributed by atoms with Gasteiger partial charge in [0.25, 0.3) is 0 Å². The first kappa shape index (κ1) is 14.7. The van der Waals surface area contributed by atoms with E-state index in [0.717, 1.165) is 43.5 Å². The third-order valence-corrected chi connectivity index (χ3v) is 4.17. The van der Waals surface area contributed by atoms with E-state index in [9.17, 15) is 4.79 Å². The maximum absolute atomic E-state index is 11.7. The van der Waals surface area contributed by atoms with Gasteiger partial charge in [-0.3, -0.25) is 9.78 Å². The molecule has 1 aliphatic heterocycles. The van der Waals surface area contributed by atoms with Gasteiger partial charge in [0.2, 0.25) is 5.91 Å². The molecular weight excluding hydrogens is 274 g/mol. The normalized spacial score (nSPS) is 17.5. The Morgan fingerprint density at radius 2 is 2.18 bits per heavy atom. The van der Waals surface area contributed by atoms with Gasteiger partial charge in [-0.25, -0.2) is 0 Å². The smallest absolute Gasteiger partial charge is 0.239 e. The lowest BCUT2D eigenvalue weighted by atomic mass is 9.94. The summed E-state index contributed by atoms with van der Waals surface area (Å²) in [5.74, 6) is -0.301. The van der Waals surface area contributed by atoms with Crippen LogP contribution >= 0.6 is 0 Å². The molecule has 0 fully saturated rings. The lowest BCUT2D eigenvalue weighted by molar-refractivity contribution is -0.120. The fourth-order valence-corrected chi connectivity index (χ4v) is 3.00. The molecule has 3 N–H and O–H groups in total. The van der Waals surface area contributed by atoms with Crippen molar-refractivity contribution in [3.8, 4) is 0 Å². The highest BCUT2D eigenvalue weighted by Crippen LogP contribution is 2.24. The Bertz CT molecular complexity index is 655. The number of hydrogen-bond donors (Lipinski definition) is 2. The van der Waals surface area contributed by atoms with Crippen molar-refractivity contribution < 1.29 is 4.79 Å². The zero-order valence-corrected chi connectivity index (χ0v) is 12.6. The highest BCUT2D eigenvalue weighted by atomic mass is 16.1. The first-order chi connectivity index (χ1) is 10.7. The van der Waals surface area contributed by atoms with E-state index in [2.05, 4.69) is 28.5 Å². The number of carbonyl (C=O) groups is 1. The van der Waals surface area contributed by atoms with Gasteiger partial charge in [-0.05, 0) is 61.1 Å². The van der Waals surface area contributed by atoms with Gasteiger partial charge in [0.05, 0.1) is 0 Å². The molecule has 0 aliphatic carbocycles. The quantitative estimate of drug-likeness (QED) is 0.905. The second-order valence-corrected chi connectivity index (χ2v) is 5.75. The Balaban J connectivity index is 1.81. The summed E-state index contributed by atoms with van der Waals surface area (Å²) in [7, 11) is 0. The molecule has 4 heteroatoms. The lowest BCUT2D eigenvalue weighted by Crippen LogP contribution is -2.33. The number of amides is 1. The molecule has 1 amide bonds. The number of aromatic nitrogens is 1. The van der Waals surface area contributed by atoms with Crippen molar-refractivity contribution in [1.82, 2.24) is 10.3 Å². The topological polar surface area (TPSA) is 68.0 Å². The number of aryl methyl sites for hydroxylation is 3. The highest BCUT2D eigenvalue weighted by Gasteiger charge is 2.22. The van der Waals surface area contributed by atoms with Crippen LogP contribution in [-0.2, 0) is 24.1 Å². The van der Waals surface area contributed by atoms with Crippen molar-refractivity contribution in [3.63, 3.8) is 0 Å². The van der Waals surface area contributed by atoms with E-state index in [1.165, 1.54) is 11.1 Å². The minimum Gasteiger partial charge on any atom is -0.368 e. The minimum absolute atomic E-state index is 0.301. The van der Waals surface area contributed by atoms with Gasteiger partial charge >= 0.3 is 0 Å². The summed E-state index contributed by atoms with van der Waals surface area (Å²) >= 11 is 0. The van der Waals surface area contributed by atoms with Gasteiger partial charge in [0.1, 0.15) is 6.04 Å². The predicted molar refractivity (Wildman–Crippen MR) is 86.3 cm³/mol. The monoisotopic (exact) mass is 295 g/mol. The fourth-order valence-electron chi connectivity index (χ4n) is 3.00. The van der Waals surface area contributed by atoms with E-state index >= 15 is 0 Å². The van der Waals surface area contributed by atoms with Crippen LogP contribution in [-0.4, -0.2) is 17.4 Å². The van der Waals surface area contributed by atoms with E-state index in [4.69, 9.17) is 5.73 Å². The number of primary amides is 1. The number of pyridine rings is 1. The van der Waals surface area contributed by atoms with Crippen LogP contribution < -0.4 is 11.1 Å². The Hall–Kier alpha value is -2.20. The van der Waals surface area contributed by atoms with Crippen molar-refractivity contribution in [2.24, 2.45) is 5.73 Å². The van der Waals surface area contributed by atoms with Crippen molar-refractivity contribution in [2.45, 2.75) is 31.7 Å². The molecule has 22 heavy (non-hydrogen) atoms. The second-order valence-electron chi connectivity index (χ2n) is 5.75. The van der Waals surface area contributed by atoms with Gasteiger partial charge in [-0.15, -0.1) is 0 Å². The molecule has 1 atom stereocenters. The van der Waals surface area contributed by atoms with Gasteiger partial charge in [-0.2, -0.15) is 0 Å². The Kier molecular flexibility index (Phi) is 4.49. The van der Waals surface area contributed by atoms with E-state index in [0.29, 0.717) is 0 Å². The average molecular weight is 295 g/mol. The molecule has 1 aromatic heterocycles. The van der Waals surface area contributed by atoms with Crippen molar-refractivity contribution in [1.29, 1.82) is 0 Å². The third-order valence-electron chi connectivity index (χ3n) is 4.17. The number of hydrogen-bond acceptors (Lipinski definition) is 3. The molecule has 4 nitrogen and oxygen atoms in total. The van der Waals surface area contributed by atoms with E-state index < -0.39 is 0 Å². The SMILES string of the molecule is NC(=O)C1NCCCc2ccc(CCc3ccccn3)cc21. The van der Waals surface area contributed by atoms with Crippen molar-refractivity contribution in [3.05, 3.63) is 65.0 Å². The van der Waals surface area contributed by atoms with Crippen LogP contribution in [0.25, 0.3) is 0 Å². The van der Waals surface area contributed by atoms with Gasteiger partial charge in [0, 0.05) is 11.9 Å². The second kappa shape index (κ2) is 6.71. The summed E-state index contributed by atoms with van der Waals surface area (Å²) in [5, 5.41) is 3.25. The van der Waals surface area contributed by atoms with Crippen molar-refractivity contribution in [2.75, 3.05) is 6.54 Å². The number of nitrogens with one attached hydrogen (secondary N) is 1. The molecule has 0 spiro atoms. The number of fused-ring (bicyclic) bond motifs is 1. The molecule has 1 unspecified atom stereocenters. The highest BCUT2D eigenvalue weighted by molar-refractivity contribution is 5.82. The summed E-state index contributed by atoms with van der Waals surface area (Å²) in [6, 6.07) is 12.0. The summed E-state index contributed by atoms with van der Waals surface area (Å²) in [6.45, 7) is 0.825. The maximum atomic E-state index is 11.7. The zero-order valence-electron chi connectivity index (χ0n) is 12.6. The number of nitrogens with zero attached hydrogens (tertiary/aromatic N) is 1. The molecule has 0 radical (unpaired) electrons. The average Bonchev–Trinajstić information content (AvgIpc) is 2.76. The van der Waals surface area contributed by atoms with E-state index in [1.54, 1.807) is 0 Å². The predicted octanol–water partition coefficient (Wildman–Crippen LogP) is 1.93. The third kappa shape index (κ3) is 3.34. The molecule has 114 valence electrons. The summed E-state index contributed by atoms with van der Waals surface area (Å²) < 4.78 is 0. The van der Waals surface area contributed by atoms with Crippen LogP contribution in [0.2, 0.25) is 0 Å². The Morgan fingerprint density at radius 3 is 2.95 bits per heavy atom. The molecule has 0 bridgehead atoms. The van der Waals surface area contributed by atoms with E-state index in [1.807, 2.05) is 24.4 Å². The zero-order chi connectivity index (χ0) is 15.4. The van der Waals surface area contributed by atoms with Crippen LogP contribution in [0, 0.1) is 0 Å². The van der Waals surface area contributed by atoms with Crippen LogP contribution in [0.4, 0.5) is 0 Å². The molecule has 2 heterocycles. The largest absolute Gasteiger partial charge is 0.368 e. The molecule has 3 rings (SSSR count). The standard InChI is InChI=1S/C18H21N3O/c19-18(22)17-16-12-13(6-8-14(16)4-3-11-21-17)7-9-15-5-1-2-10-20-15/h1-2,5-6,8,10,12,17,21H,3-4,7,9,11H2,(H2,19,22). The van der Waals surface area contributed by atoms with Gasteiger partial charge < -0.3 is 11.1 Å². The lowest BCUT2D eigenvalue weighted by Gasteiger charge is -2.16. The molecule has 1 aromatic carbocycles. The fraction of sp³-hybridized carbons (Fsp3) is 0.333.